The minimum absolute atomic E-state index is 0.0809. The van der Waals surface area contributed by atoms with Gasteiger partial charge in [-0.25, -0.2) is 0 Å². The van der Waals surface area contributed by atoms with Crippen molar-refractivity contribution in [3.63, 3.8) is 0 Å². The van der Waals surface area contributed by atoms with E-state index in [1.165, 1.54) is 6.21 Å². The van der Waals surface area contributed by atoms with Crippen molar-refractivity contribution in [2.45, 2.75) is 64.2 Å². The largest absolute Gasteiger partial charge is 0.282 e. The molecule has 0 unspecified atom stereocenters. The molecule has 3 aromatic carbocycles. The van der Waals surface area contributed by atoms with Crippen LogP contribution in [-0.4, -0.2) is 14.6 Å². The molecule has 4 heteroatoms. The summed E-state index contributed by atoms with van der Waals surface area (Å²) in [5.41, 5.74) is 3.88. The molecule has 3 rings (SSSR count). The van der Waals surface area contributed by atoms with Gasteiger partial charge in [0.1, 0.15) is 0 Å². The molecule has 0 radical (unpaired) electrons. The fourth-order valence-corrected chi connectivity index (χ4v) is 5.42. The molecule has 0 fully saturated rings. The van der Waals surface area contributed by atoms with Crippen LogP contribution in [0.15, 0.2) is 70.0 Å². The van der Waals surface area contributed by atoms with Crippen molar-refractivity contribution in [2.75, 3.05) is 0 Å². The van der Waals surface area contributed by atoms with E-state index in [0.29, 0.717) is 10.8 Å². The first kappa shape index (κ1) is 23.9. The molecule has 0 aliphatic rings. The molecule has 0 N–H and O–H groups in total. The summed E-state index contributed by atoms with van der Waals surface area (Å²) in [6.45, 7) is 12.4. The van der Waals surface area contributed by atoms with Crippen LogP contribution in [0.25, 0.3) is 16.8 Å². The Balaban J connectivity index is 2.02. The summed E-state index contributed by atoms with van der Waals surface area (Å²) in [5, 5.41) is 2.27. The van der Waals surface area contributed by atoms with Gasteiger partial charge in [-0.1, -0.05) is 102 Å². The van der Waals surface area contributed by atoms with E-state index in [9.17, 15) is 8.42 Å². The maximum atomic E-state index is 13.4. The zero-order chi connectivity index (χ0) is 23.5. The Kier molecular flexibility index (Phi) is 7.35. The van der Waals surface area contributed by atoms with Gasteiger partial charge in [-0.3, -0.25) is 0 Å². The van der Waals surface area contributed by atoms with Crippen LogP contribution in [0.2, 0.25) is 0 Å². The highest BCUT2D eigenvalue weighted by Gasteiger charge is 2.26. The van der Waals surface area contributed by atoms with Crippen molar-refractivity contribution in [3.8, 4) is 0 Å². The summed E-state index contributed by atoms with van der Waals surface area (Å²) in [6, 6.07) is 18.3. The maximum absolute atomic E-state index is 13.4. The highest BCUT2D eigenvalue weighted by molar-refractivity contribution is 7.90. The third kappa shape index (κ3) is 5.18. The average molecular weight is 448 g/mol. The van der Waals surface area contributed by atoms with E-state index in [1.807, 2.05) is 70.2 Å². The van der Waals surface area contributed by atoms with Crippen molar-refractivity contribution in [2.24, 2.45) is 4.40 Å². The second-order valence-electron chi connectivity index (χ2n) is 9.15. The first-order chi connectivity index (χ1) is 15.1. The van der Waals surface area contributed by atoms with Gasteiger partial charge in [0, 0.05) is 6.21 Å². The molecule has 3 nitrogen and oxygen atoms in total. The predicted molar refractivity (Wildman–Crippen MR) is 137 cm³/mol. The van der Waals surface area contributed by atoms with Gasteiger partial charge in [0.2, 0.25) is 0 Å². The van der Waals surface area contributed by atoms with Gasteiger partial charge in [-0.05, 0) is 56.9 Å². The van der Waals surface area contributed by atoms with Gasteiger partial charge < -0.3 is 0 Å². The summed E-state index contributed by atoms with van der Waals surface area (Å²) in [7, 11) is -3.83. The highest BCUT2D eigenvalue weighted by Crippen LogP contribution is 2.35. The van der Waals surface area contributed by atoms with Crippen LogP contribution in [0, 0.1) is 0 Å². The van der Waals surface area contributed by atoms with Crippen LogP contribution >= 0.6 is 0 Å². The summed E-state index contributed by atoms with van der Waals surface area (Å²) >= 11 is 0. The van der Waals surface area contributed by atoms with Gasteiger partial charge in [0.05, 0.1) is 4.90 Å². The quantitative estimate of drug-likeness (QED) is 0.349. The standard InChI is InChI=1S/C28H33NO2S/c1-19(2)24-17-26(20(3)4)28(27(18-24)21(5)6)32(30,31)29-16-10-14-23-13-9-12-22-11-7-8-15-25(22)23/h7-21H,1-6H3/b14-10+,29-16+. The minimum atomic E-state index is -3.83. The van der Waals surface area contributed by atoms with E-state index < -0.39 is 10.0 Å². The fourth-order valence-electron chi connectivity index (χ4n) is 3.90. The molecule has 0 bridgehead atoms. The number of allylic oxidation sites excluding steroid dienone is 1. The van der Waals surface area contributed by atoms with E-state index in [4.69, 9.17) is 0 Å². The molecule has 3 aromatic rings. The van der Waals surface area contributed by atoms with Gasteiger partial charge in [-0.15, -0.1) is 0 Å². The Bertz CT molecular complexity index is 1230. The average Bonchev–Trinajstić information content (AvgIpc) is 2.75. The molecule has 168 valence electrons. The Morgan fingerprint density at radius 3 is 1.97 bits per heavy atom. The Hall–Kier alpha value is -2.72. The van der Waals surface area contributed by atoms with E-state index in [2.05, 4.69) is 36.4 Å². The summed E-state index contributed by atoms with van der Waals surface area (Å²) in [4.78, 5) is 0.363. The number of hydrogen-bond donors (Lipinski definition) is 0. The Morgan fingerprint density at radius 1 is 0.781 bits per heavy atom. The lowest BCUT2D eigenvalue weighted by molar-refractivity contribution is 0.592. The molecule has 0 saturated heterocycles. The molecule has 0 aliphatic carbocycles. The van der Waals surface area contributed by atoms with Crippen LogP contribution in [-0.2, 0) is 10.0 Å². The lowest BCUT2D eigenvalue weighted by atomic mass is 9.89. The number of fused-ring (bicyclic) bond motifs is 1. The SMILES string of the molecule is CC(C)c1cc(C(C)C)c(S(=O)(=O)/N=C/C=C/c2cccc3ccccc23)c(C(C)C)c1. The van der Waals surface area contributed by atoms with Crippen LogP contribution in [0.4, 0.5) is 0 Å². The second kappa shape index (κ2) is 9.83. The number of hydrogen-bond acceptors (Lipinski definition) is 2. The maximum Gasteiger partial charge on any atom is 0.282 e. The van der Waals surface area contributed by atoms with E-state index in [-0.39, 0.29) is 11.8 Å². The molecule has 0 amide bonds. The van der Waals surface area contributed by atoms with Crippen LogP contribution in [0.3, 0.4) is 0 Å². The summed E-state index contributed by atoms with van der Waals surface area (Å²) in [6.07, 6.45) is 4.99. The molecular weight excluding hydrogens is 414 g/mol. The Labute approximate surface area is 193 Å². The zero-order valence-corrected chi connectivity index (χ0v) is 20.6. The van der Waals surface area contributed by atoms with E-state index in [1.54, 1.807) is 6.08 Å². The highest BCUT2D eigenvalue weighted by atomic mass is 32.2. The van der Waals surface area contributed by atoms with Crippen molar-refractivity contribution < 1.29 is 8.42 Å². The zero-order valence-electron chi connectivity index (χ0n) is 19.8. The van der Waals surface area contributed by atoms with Crippen molar-refractivity contribution in [3.05, 3.63) is 82.9 Å². The van der Waals surface area contributed by atoms with E-state index >= 15 is 0 Å². The lowest BCUT2D eigenvalue weighted by Crippen LogP contribution is -2.11. The lowest BCUT2D eigenvalue weighted by Gasteiger charge is -2.21. The van der Waals surface area contributed by atoms with E-state index in [0.717, 1.165) is 33.0 Å². The van der Waals surface area contributed by atoms with Crippen molar-refractivity contribution in [1.29, 1.82) is 0 Å². The van der Waals surface area contributed by atoms with Crippen LogP contribution < -0.4 is 0 Å². The van der Waals surface area contributed by atoms with Gasteiger partial charge >= 0.3 is 0 Å². The van der Waals surface area contributed by atoms with Gasteiger partial charge in [0.15, 0.2) is 0 Å². The monoisotopic (exact) mass is 447 g/mol. The normalized spacial score (nSPS) is 12.9. The Morgan fingerprint density at radius 2 is 1.38 bits per heavy atom. The molecule has 32 heavy (non-hydrogen) atoms. The smallest absolute Gasteiger partial charge is 0.199 e. The second-order valence-corrected chi connectivity index (χ2v) is 10.7. The third-order valence-electron chi connectivity index (χ3n) is 5.72. The summed E-state index contributed by atoms with van der Waals surface area (Å²) in [5.74, 6) is 0.490. The van der Waals surface area contributed by atoms with Crippen LogP contribution in [0.5, 0.6) is 0 Å². The molecule has 0 aliphatic heterocycles. The van der Waals surface area contributed by atoms with Crippen LogP contribution in [0.1, 0.15) is 81.5 Å². The molecule has 0 heterocycles. The molecule has 0 atom stereocenters. The molecular formula is C28H33NO2S. The van der Waals surface area contributed by atoms with Crippen molar-refractivity contribution >= 4 is 33.1 Å². The number of nitrogens with zero attached hydrogens (tertiary/aromatic N) is 1. The number of sulfonamides is 1. The molecule has 0 spiro atoms. The number of benzene rings is 3. The van der Waals surface area contributed by atoms with Gasteiger partial charge in [-0.2, -0.15) is 12.8 Å². The van der Waals surface area contributed by atoms with Gasteiger partial charge in [0.25, 0.3) is 10.0 Å². The molecule has 0 aromatic heterocycles. The van der Waals surface area contributed by atoms with Crippen molar-refractivity contribution in [1.82, 2.24) is 0 Å². The first-order valence-corrected chi connectivity index (χ1v) is 12.7. The third-order valence-corrected chi connectivity index (χ3v) is 7.11. The topological polar surface area (TPSA) is 46.5 Å². The predicted octanol–water partition coefficient (Wildman–Crippen LogP) is 7.68. The minimum Gasteiger partial charge on any atom is -0.199 e. The summed E-state index contributed by atoms with van der Waals surface area (Å²) < 4.78 is 30.8. The number of rotatable bonds is 7. The molecule has 0 saturated carbocycles. The first-order valence-electron chi connectivity index (χ1n) is 11.2. The fraction of sp³-hybridized carbons (Fsp3) is 0.321.